The summed E-state index contributed by atoms with van der Waals surface area (Å²) in [6.07, 6.45) is 3.81. The summed E-state index contributed by atoms with van der Waals surface area (Å²) >= 11 is 0. The van der Waals surface area contributed by atoms with Gasteiger partial charge in [-0.3, -0.25) is 4.79 Å². The number of anilines is 1. The highest BCUT2D eigenvalue weighted by Crippen LogP contribution is 2.21. The minimum Gasteiger partial charge on any atom is -0.397 e. The molecule has 0 saturated carbocycles. The Labute approximate surface area is 110 Å². The molecule has 0 aliphatic heterocycles. The Kier molecular flexibility index (Phi) is 2.83. The minimum atomic E-state index is 0.0203. The van der Waals surface area contributed by atoms with E-state index in [1.54, 1.807) is 22.9 Å². The van der Waals surface area contributed by atoms with Gasteiger partial charge in [-0.1, -0.05) is 18.2 Å². The molecule has 4 heteroatoms. The molecule has 4 nitrogen and oxygen atoms in total. The molecule has 0 spiro atoms. The second-order valence-corrected chi connectivity index (χ2v) is 4.53. The van der Waals surface area contributed by atoms with E-state index in [1.807, 2.05) is 36.5 Å². The van der Waals surface area contributed by atoms with Gasteiger partial charge >= 0.3 is 0 Å². The molecule has 0 fully saturated rings. The SMILES string of the molecule is Nc1cccc2ccn(CCn3ccccc3=O)c12. The lowest BCUT2D eigenvalue weighted by Crippen LogP contribution is -2.20. The van der Waals surface area contributed by atoms with Crippen LogP contribution in [0.5, 0.6) is 0 Å². The average molecular weight is 253 g/mol. The summed E-state index contributed by atoms with van der Waals surface area (Å²) in [4.78, 5) is 11.6. The summed E-state index contributed by atoms with van der Waals surface area (Å²) in [7, 11) is 0. The highest BCUT2D eigenvalue weighted by Gasteiger charge is 2.04. The van der Waals surface area contributed by atoms with Crippen molar-refractivity contribution < 1.29 is 0 Å². The van der Waals surface area contributed by atoms with Gasteiger partial charge in [0.05, 0.1) is 11.2 Å². The third kappa shape index (κ3) is 2.12. The molecule has 0 bridgehead atoms. The lowest BCUT2D eigenvalue weighted by molar-refractivity contribution is 0.577. The van der Waals surface area contributed by atoms with Crippen molar-refractivity contribution in [3.05, 3.63) is 65.2 Å². The predicted octanol–water partition coefficient (Wildman–Crippen LogP) is 2.09. The Hall–Kier alpha value is -2.49. The monoisotopic (exact) mass is 253 g/mol. The van der Waals surface area contributed by atoms with Gasteiger partial charge in [-0.15, -0.1) is 0 Å². The van der Waals surface area contributed by atoms with Crippen molar-refractivity contribution in [2.75, 3.05) is 5.73 Å². The van der Waals surface area contributed by atoms with E-state index < -0.39 is 0 Å². The topological polar surface area (TPSA) is 52.9 Å². The number of nitrogen functional groups attached to an aromatic ring is 1. The number of hydrogen-bond acceptors (Lipinski definition) is 2. The number of para-hydroxylation sites is 1. The first-order chi connectivity index (χ1) is 9.25. The molecule has 2 aromatic heterocycles. The van der Waals surface area contributed by atoms with Crippen LogP contribution in [0.4, 0.5) is 5.69 Å². The lowest BCUT2D eigenvalue weighted by Gasteiger charge is -2.09. The van der Waals surface area contributed by atoms with Crippen molar-refractivity contribution in [2.24, 2.45) is 0 Å². The quantitative estimate of drug-likeness (QED) is 0.727. The lowest BCUT2D eigenvalue weighted by atomic mass is 10.2. The van der Waals surface area contributed by atoms with Crippen LogP contribution in [0.25, 0.3) is 10.9 Å². The van der Waals surface area contributed by atoms with E-state index in [1.165, 1.54) is 0 Å². The molecule has 0 radical (unpaired) electrons. The van der Waals surface area contributed by atoms with Gasteiger partial charge in [0.15, 0.2) is 0 Å². The van der Waals surface area contributed by atoms with Crippen molar-refractivity contribution in [3.8, 4) is 0 Å². The Morgan fingerprint density at radius 2 is 1.74 bits per heavy atom. The molecule has 3 rings (SSSR count). The van der Waals surface area contributed by atoms with Gasteiger partial charge in [0.25, 0.3) is 5.56 Å². The summed E-state index contributed by atoms with van der Waals surface area (Å²) in [6, 6.07) is 13.1. The second-order valence-electron chi connectivity index (χ2n) is 4.53. The van der Waals surface area contributed by atoms with E-state index in [0.717, 1.165) is 23.1 Å². The summed E-state index contributed by atoms with van der Waals surface area (Å²) < 4.78 is 3.79. The fraction of sp³-hybridized carbons (Fsp3) is 0.133. The Morgan fingerprint density at radius 3 is 2.58 bits per heavy atom. The molecule has 0 saturated heterocycles. The van der Waals surface area contributed by atoms with Crippen molar-refractivity contribution >= 4 is 16.6 Å². The molecule has 0 aliphatic carbocycles. The molecule has 0 unspecified atom stereocenters. The first-order valence-electron chi connectivity index (χ1n) is 6.24. The molecule has 19 heavy (non-hydrogen) atoms. The Bertz CT molecular complexity index is 770. The van der Waals surface area contributed by atoms with Crippen molar-refractivity contribution in [3.63, 3.8) is 0 Å². The standard InChI is InChI=1S/C15H15N3O/c16-13-5-3-4-12-7-9-18(15(12)13)11-10-17-8-2-1-6-14(17)19/h1-9H,10-11,16H2. The summed E-state index contributed by atoms with van der Waals surface area (Å²) in [5.74, 6) is 0. The Balaban J connectivity index is 1.91. The molecular weight excluding hydrogens is 238 g/mol. The van der Waals surface area contributed by atoms with Crippen LogP contribution in [-0.4, -0.2) is 9.13 Å². The summed E-state index contributed by atoms with van der Waals surface area (Å²) in [5.41, 5.74) is 7.83. The number of aromatic nitrogens is 2. The van der Waals surface area contributed by atoms with Crippen LogP contribution >= 0.6 is 0 Å². The smallest absolute Gasteiger partial charge is 0.250 e. The number of nitrogens with zero attached hydrogens (tertiary/aromatic N) is 2. The number of rotatable bonds is 3. The van der Waals surface area contributed by atoms with Crippen molar-refractivity contribution in [1.29, 1.82) is 0 Å². The number of fused-ring (bicyclic) bond motifs is 1. The van der Waals surface area contributed by atoms with E-state index >= 15 is 0 Å². The molecule has 1 aromatic carbocycles. The van der Waals surface area contributed by atoms with E-state index in [4.69, 9.17) is 5.73 Å². The van der Waals surface area contributed by atoms with Gasteiger partial charge in [0, 0.05) is 36.9 Å². The number of pyridine rings is 1. The second kappa shape index (κ2) is 4.65. The molecule has 0 aliphatic rings. The van der Waals surface area contributed by atoms with Crippen molar-refractivity contribution in [2.45, 2.75) is 13.1 Å². The highest BCUT2D eigenvalue weighted by molar-refractivity contribution is 5.90. The van der Waals surface area contributed by atoms with Crippen LogP contribution in [-0.2, 0) is 13.1 Å². The highest BCUT2D eigenvalue weighted by atomic mass is 16.1. The number of aryl methyl sites for hydroxylation is 2. The van der Waals surface area contributed by atoms with Crippen LogP contribution < -0.4 is 11.3 Å². The fourth-order valence-electron chi connectivity index (χ4n) is 2.34. The van der Waals surface area contributed by atoms with E-state index in [2.05, 4.69) is 4.57 Å². The van der Waals surface area contributed by atoms with Gasteiger partial charge < -0.3 is 14.9 Å². The van der Waals surface area contributed by atoms with Crippen molar-refractivity contribution in [1.82, 2.24) is 9.13 Å². The normalized spacial score (nSPS) is 10.9. The predicted molar refractivity (Wildman–Crippen MR) is 77.1 cm³/mol. The molecule has 2 N–H and O–H groups in total. The van der Waals surface area contributed by atoms with Gasteiger partial charge in [-0.05, 0) is 18.2 Å². The first kappa shape index (κ1) is 11.6. The van der Waals surface area contributed by atoms with E-state index in [0.29, 0.717) is 6.54 Å². The third-order valence-corrected chi connectivity index (χ3v) is 3.30. The van der Waals surface area contributed by atoms with Crippen LogP contribution in [0, 0.1) is 0 Å². The molecule has 96 valence electrons. The maximum atomic E-state index is 11.6. The fourth-order valence-corrected chi connectivity index (χ4v) is 2.34. The number of hydrogen-bond donors (Lipinski definition) is 1. The average Bonchev–Trinajstić information content (AvgIpc) is 2.83. The van der Waals surface area contributed by atoms with Gasteiger partial charge in [-0.25, -0.2) is 0 Å². The van der Waals surface area contributed by atoms with Crippen LogP contribution in [0.2, 0.25) is 0 Å². The summed E-state index contributed by atoms with van der Waals surface area (Å²) in [5, 5.41) is 1.13. The maximum absolute atomic E-state index is 11.6. The maximum Gasteiger partial charge on any atom is 0.250 e. The third-order valence-electron chi connectivity index (χ3n) is 3.30. The van der Waals surface area contributed by atoms with Gasteiger partial charge in [0.2, 0.25) is 0 Å². The molecular formula is C15H15N3O. The van der Waals surface area contributed by atoms with Crippen LogP contribution in [0.1, 0.15) is 0 Å². The zero-order valence-corrected chi connectivity index (χ0v) is 10.5. The van der Waals surface area contributed by atoms with E-state index in [-0.39, 0.29) is 5.56 Å². The van der Waals surface area contributed by atoms with E-state index in [9.17, 15) is 4.79 Å². The Morgan fingerprint density at radius 1 is 0.895 bits per heavy atom. The minimum absolute atomic E-state index is 0.0203. The zero-order valence-electron chi connectivity index (χ0n) is 10.5. The van der Waals surface area contributed by atoms with Gasteiger partial charge in [0.1, 0.15) is 0 Å². The molecule has 0 atom stereocenters. The zero-order chi connectivity index (χ0) is 13.2. The molecule has 0 amide bonds. The number of benzene rings is 1. The van der Waals surface area contributed by atoms with Gasteiger partial charge in [-0.2, -0.15) is 0 Å². The van der Waals surface area contributed by atoms with Crippen LogP contribution in [0.15, 0.2) is 59.7 Å². The molecule has 2 heterocycles. The first-order valence-corrected chi connectivity index (χ1v) is 6.24. The summed E-state index contributed by atoms with van der Waals surface area (Å²) in [6.45, 7) is 1.36. The molecule has 3 aromatic rings. The van der Waals surface area contributed by atoms with Crippen LogP contribution in [0.3, 0.4) is 0 Å². The number of nitrogens with two attached hydrogens (primary N) is 1. The largest absolute Gasteiger partial charge is 0.397 e.